The number of benzene rings is 1. The van der Waals surface area contributed by atoms with E-state index in [2.05, 4.69) is 0 Å². The summed E-state index contributed by atoms with van der Waals surface area (Å²) in [7, 11) is 0. The summed E-state index contributed by atoms with van der Waals surface area (Å²) in [6.45, 7) is 3.39. The number of carboxylic acids is 1. The fraction of sp³-hybridized carbons (Fsp3) is 0.143. The third-order valence-corrected chi connectivity index (χ3v) is 2.98. The molecule has 0 bridgehead atoms. The highest BCUT2D eigenvalue weighted by Gasteiger charge is 2.17. The van der Waals surface area contributed by atoms with Crippen LogP contribution in [-0.2, 0) is 0 Å². The molecule has 1 N–H and O–H groups in total. The van der Waals surface area contributed by atoms with E-state index in [1.807, 2.05) is 6.07 Å². The molecule has 2 rings (SSSR count). The number of aromatic carboxylic acids is 1. The van der Waals surface area contributed by atoms with E-state index in [-0.39, 0.29) is 11.1 Å². The zero-order valence-electron chi connectivity index (χ0n) is 10.4. The molecular formula is C14H11FN2O2. The zero-order chi connectivity index (χ0) is 14.2. The van der Waals surface area contributed by atoms with Crippen LogP contribution < -0.4 is 0 Å². The van der Waals surface area contributed by atoms with E-state index < -0.39 is 11.8 Å². The summed E-state index contributed by atoms with van der Waals surface area (Å²) in [6, 6.07) is 7.30. The van der Waals surface area contributed by atoms with Crippen LogP contribution in [0.15, 0.2) is 24.3 Å². The van der Waals surface area contributed by atoms with Crippen molar-refractivity contribution in [2.45, 2.75) is 13.8 Å². The largest absolute Gasteiger partial charge is 0.478 e. The molecule has 0 aliphatic rings. The van der Waals surface area contributed by atoms with Crippen molar-refractivity contribution < 1.29 is 14.3 Å². The van der Waals surface area contributed by atoms with Gasteiger partial charge in [-0.3, -0.25) is 0 Å². The molecule has 0 aliphatic carbocycles. The molecule has 0 unspecified atom stereocenters. The molecule has 0 saturated carbocycles. The minimum atomic E-state index is -1.03. The van der Waals surface area contributed by atoms with Crippen molar-refractivity contribution in [3.05, 3.63) is 52.6 Å². The van der Waals surface area contributed by atoms with Crippen LogP contribution in [0.25, 0.3) is 5.69 Å². The maximum atomic E-state index is 13.1. The third-order valence-electron chi connectivity index (χ3n) is 2.98. The van der Waals surface area contributed by atoms with Gasteiger partial charge in [-0.2, -0.15) is 5.26 Å². The molecule has 0 atom stereocenters. The van der Waals surface area contributed by atoms with Crippen molar-refractivity contribution in [2.24, 2.45) is 0 Å². The quantitative estimate of drug-likeness (QED) is 0.900. The Labute approximate surface area is 109 Å². The molecule has 1 aromatic heterocycles. The van der Waals surface area contributed by atoms with Gasteiger partial charge in [0.15, 0.2) is 0 Å². The number of nitriles is 1. The summed E-state index contributed by atoms with van der Waals surface area (Å²) < 4.78 is 14.8. The lowest BCUT2D eigenvalue weighted by molar-refractivity contribution is 0.0696. The Morgan fingerprint density at radius 3 is 2.58 bits per heavy atom. The average Bonchev–Trinajstić information content (AvgIpc) is 2.65. The highest BCUT2D eigenvalue weighted by atomic mass is 19.1. The SMILES string of the molecule is Cc1cc(C(=O)O)c(C)n1-c1ccc(F)cc1C#N. The number of rotatable bonds is 2. The molecule has 0 saturated heterocycles. The summed E-state index contributed by atoms with van der Waals surface area (Å²) >= 11 is 0. The number of carboxylic acid groups (broad SMARTS) is 1. The van der Waals surface area contributed by atoms with Crippen LogP contribution in [0.4, 0.5) is 4.39 Å². The van der Waals surface area contributed by atoms with E-state index in [4.69, 9.17) is 10.4 Å². The number of carbonyl (C=O) groups is 1. The van der Waals surface area contributed by atoms with Crippen molar-refractivity contribution in [3.8, 4) is 11.8 Å². The van der Waals surface area contributed by atoms with Crippen molar-refractivity contribution in [1.82, 2.24) is 4.57 Å². The van der Waals surface area contributed by atoms with E-state index in [0.717, 1.165) is 6.07 Å². The second kappa shape index (κ2) is 4.58. The molecule has 96 valence electrons. The lowest BCUT2D eigenvalue weighted by atomic mass is 10.1. The summed E-state index contributed by atoms with van der Waals surface area (Å²) in [5, 5.41) is 18.1. The molecule has 0 spiro atoms. The molecule has 1 heterocycles. The number of hydrogen-bond donors (Lipinski definition) is 1. The van der Waals surface area contributed by atoms with Gasteiger partial charge in [0.05, 0.1) is 16.8 Å². The topological polar surface area (TPSA) is 66.0 Å². The monoisotopic (exact) mass is 258 g/mol. The fourth-order valence-corrected chi connectivity index (χ4v) is 2.14. The van der Waals surface area contributed by atoms with Crippen LogP contribution in [0.1, 0.15) is 27.3 Å². The summed E-state index contributed by atoms with van der Waals surface area (Å²) in [5.74, 6) is -1.53. The Kier molecular flexibility index (Phi) is 3.09. The third kappa shape index (κ3) is 2.08. The maximum Gasteiger partial charge on any atom is 0.337 e. The van der Waals surface area contributed by atoms with Gasteiger partial charge >= 0.3 is 5.97 Å². The van der Waals surface area contributed by atoms with E-state index in [1.165, 1.54) is 18.2 Å². The Hall–Kier alpha value is -2.61. The second-order valence-corrected chi connectivity index (χ2v) is 4.20. The van der Waals surface area contributed by atoms with Crippen molar-refractivity contribution >= 4 is 5.97 Å². The molecule has 0 fully saturated rings. The van der Waals surface area contributed by atoms with Crippen molar-refractivity contribution in [3.63, 3.8) is 0 Å². The Balaban J connectivity index is 2.73. The molecule has 4 nitrogen and oxygen atoms in total. The van der Waals surface area contributed by atoms with Crippen LogP contribution in [0.2, 0.25) is 0 Å². The summed E-state index contributed by atoms with van der Waals surface area (Å²) in [5.41, 5.74) is 2.00. The summed E-state index contributed by atoms with van der Waals surface area (Å²) in [4.78, 5) is 11.1. The van der Waals surface area contributed by atoms with E-state index in [1.54, 1.807) is 18.4 Å². The van der Waals surface area contributed by atoms with Gasteiger partial charge in [-0.15, -0.1) is 0 Å². The summed E-state index contributed by atoms with van der Waals surface area (Å²) in [6.07, 6.45) is 0. The van der Waals surface area contributed by atoms with Gasteiger partial charge in [0.2, 0.25) is 0 Å². The van der Waals surface area contributed by atoms with E-state index in [9.17, 15) is 9.18 Å². The predicted octanol–water partition coefficient (Wildman–Crippen LogP) is 2.80. The molecule has 0 radical (unpaired) electrons. The standard InChI is InChI=1S/C14H11FN2O2/c1-8-5-12(14(18)19)9(2)17(8)13-4-3-11(15)6-10(13)7-16/h3-6H,1-2H3,(H,18,19). The number of aryl methyl sites for hydroxylation is 1. The van der Waals surface area contributed by atoms with Gasteiger partial charge in [0.25, 0.3) is 0 Å². The zero-order valence-corrected chi connectivity index (χ0v) is 10.4. The highest BCUT2D eigenvalue weighted by molar-refractivity contribution is 5.89. The van der Waals surface area contributed by atoms with Crippen LogP contribution in [0.3, 0.4) is 0 Å². The van der Waals surface area contributed by atoms with Gasteiger partial charge in [0, 0.05) is 11.4 Å². The van der Waals surface area contributed by atoms with Gasteiger partial charge in [-0.1, -0.05) is 0 Å². The molecule has 19 heavy (non-hydrogen) atoms. The van der Waals surface area contributed by atoms with E-state index in [0.29, 0.717) is 17.1 Å². The first-order chi connectivity index (χ1) is 8.95. The number of hydrogen-bond acceptors (Lipinski definition) is 2. The first-order valence-electron chi connectivity index (χ1n) is 5.58. The second-order valence-electron chi connectivity index (χ2n) is 4.20. The van der Waals surface area contributed by atoms with Gasteiger partial charge in [-0.05, 0) is 38.1 Å². The molecule has 0 amide bonds. The molecular weight excluding hydrogens is 247 g/mol. The van der Waals surface area contributed by atoms with Crippen LogP contribution in [-0.4, -0.2) is 15.6 Å². The number of halogens is 1. The fourth-order valence-electron chi connectivity index (χ4n) is 2.14. The lowest BCUT2D eigenvalue weighted by Gasteiger charge is -2.11. The maximum absolute atomic E-state index is 13.1. The van der Waals surface area contributed by atoms with Gasteiger partial charge < -0.3 is 9.67 Å². The van der Waals surface area contributed by atoms with Crippen LogP contribution >= 0.6 is 0 Å². The predicted molar refractivity (Wildman–Crippen MR) is 66.9 cm³/mol. The first-order valence-corrected chi connectivity index (χ1v) is 5.58. The average molecular weight is 258 g/mol. The molecule has 0 aliphatic heterocycles. The Bertz CT molecular complexity index is 711. The smallest absolute Gasteiger partial charge is 0.337 e. The van der Waals surface area contributed by atoms with Gasteiger partial charge in [-0.25, -0.2) is 9.18 Å². The van der Waals surface area contributed by atoms with Crippen molar-refractivity contribution in [2.75, 3.05) is 0 Å². The molecule has 5 heteroatoms. The Morgan fingerprint density at radius 2 is 2.05 bits per heavy atom. The normalized spacial score (nSPS) is 10.2. The van der Waals surface area contributed by atoms with Crippen molar-refractivity contribution in [1.29, 1.82) is 5.26 Å². The molecule has 2 aromatic rings. The van der Waals surface area contributed by atoms with Crippen LogP contribution in [0, 0.1) is 31.0 Å². The lowest BCUT2D eigenvalue weighted by Crippen LogP contribution is -2.04. The Morgan fingerprint density at radius 1 is 1.37 bits per heavy atom. The highest BCUT2D eigenvalue weighted by Crippen LogP contribution is 2.23. The minimum absolute atomic E-state index is 0.165. The molecule has 1 aromatic carbocycles. The number of aromatic nitrogens is 1. The number of nitrogens with zero attached hydrogens (tertiary/aromatic N) is 2. The van der Waals surface area contributed by atoms with Gasteiger partial charge in [0.1, 0.15) is 11.9 Å². The minimum Gasteiger partial charge on any atom is -0.478 e. The van der Waals surface area contributed by atoms with E-state index >= 15 is 0 Å². The van der Waals surface area contributed by atoms with Crippen LogP contribution in [0.5, 0.6) is 0 Å². The first kappa shape index (κ1) is 12.8.